The van der Waals surface area contributed by atoms with Gasteiger partial charge in [0.25, 0.3) is 0 Å². The highest BCUT2D eigenvalue weighted by Gasteiger charge is 2.59. The maximum absolute atomic E-state index is 13.7. The normalized spacial score (nSPS) is 26.0. The highest BCUT2D eigenvalue weighted by molar-refractivity contribution is 5.91. The summed E-state index contributed by atoms with van der Waals surface area (Å²) in [6, 6.07) is 10.1. The lowest BCUT2D eigenvalue weighted by Gasteiger charge is -2.42. The molecule has 2 aliphatic heterocycles. The first-order valence-corrected chi connectivity index (χ1v) is 11.7. The molecule has 1 aromatic heterocycles. The first kappa shape index (κ1) is 21.0. The molecule has 1 saturated carbocycles. The van der Waals surface area contributed by atoms with Crippen LogP contribution in [-0.4, -0.2) is 64.7 Å². The van der Waals surface area contributed by atoms with Crippen molar-refractivity contribution in [1.82, 2.24) is 25.3 Å². The van der Waals surface area contributed by atoms with Crippen LogP contribution in [-0.2, 0) is 15.6 Å². The molecule has 1 N–H and O–H groups in total. The van der Waals surface area contributed by atoms with E-state index in [4.69, 9.17) is 4.42 Å². The topological polar surface area (TPSA) is 91.6 Å². The number of amides is 3. The summed E-state index contributed by atoms with van der Waals surface area (Å²) in [5.74, 6) is 1.41. The van der Waals surface area contributed by atoms with Crippen LogP contribution in [0.2, 0.25) is 0 Å². The molecule has 0 radical (unpaired) electrons. The van der Waals surface area contributed by atoms with Crippen LogP contribution in [0, 0.1) is 12.8 Å². The molecule has 1 aliphatic carbocycles. The van der Waals surface area contributed by atoms with Gasteiger partial charge in [-0.15, -0.1) is 10.2 Å². The van der Waals surface area contributed by atoms with Gasteiger partial charge in [0, 0.05) is 45.6 Å². The molecule has 5 rings (SSSR count). The van der Waals surface area contributed by atoms with E-state index in [9.17, 15) is 9.59 Å². The van der Waals surface area contributed by atoms with Gasteiger partial charge in [0.1, 0.15) is 0 Å². The highest BCUT2D eigenvalue weighted by Crippen LogP contribution is 2.51. The summed E-state index contributed by atoms with van der Waals surface area (Å²) in [6.07, 6.45) is 3.40. The number of aromatic nitrogens is 2. The zero-order valence-electron chi connectivity index (χ0n) is 18.8. The molecule has 2 atom stereocenters. The Morgan fingerprint density at radius 3 is 2.53 bits per heavy atom. The van der Waals surface area contributed by atoms with E-state index in [1.807, 2.05) is 34.9 Å². The molecule has 8 nitrogen and oxygen atoms in total. The minimum Gasteiger partial charge on any atom is -0.425 e. The van der Waals surface area contributed by atoms with Crippen LogP contribution in [0.4, 0.5) is 4.79 Å². The molecule has 0 bridgehead atoms. The highest BCUT2D eigenvalue weighted by atomic mass is 16.4. The predicted molar refractivity (Wildman–Crippen MR) is 118 cm³/mol. The van der Waals surface area contributed by atoms with Crippen LogP contribution < -0.4 is 5.32 Å². The van der Waals surface area contributed by atoms with Gasteiger partial charge in [-0.25, -0.2) is 4.79 Å². The summed E-state index contributed by atoms with van der Waals surface area (Å²) in [6.45, 7) is 6.84. The van der Waals surface area contributed by atoms with Crippen molar-refractivity contribution in [2.75, 3.05) is 32.7 Å². The Morgan fingerprint density at radius 1 is 1.12 bits per heavy atom. The van der Waals surface area contributed by atoms with Crippen molar-refractivity contribution in [2.24, 2.45) is 5.92 Å². The second-order valence-electron chi connectivity index (χ2n) is 9.54. The molecule has 0 spiro atoms. The van der Waals surface area contributed by atoms with Crippen molar-refractivity contribution < 1.29 is 14.0 Å². The average molecular weight is 438 g/mol. The van der Waals surface area contributed by atoms with E-state index < -0.39 is 5.41 Å². The number of carbonyl (C=O) groups excluding carboxylic acids is 2. The minimum absolute atomic E-state index is 0.0577. The fourth-order valence-electron chi connectivity index (χ4n) is 5.52. The molecule has 0 unspecified atom stereocenters. The summed E-state index contributed by atoms with van der Waals surface area (Å²) in [5, 5.41) is 11.4. The molecule has 170 valence electrons. The first-order chi connectivity index (χ1) is 15.5. The number of carbonyl (C=O) groups is 2. The van der Waals surface area contributed by atoms with Crippen LogP contribution in [0.15, 0.2) is 34.7 Å². The van der Waals surface area contributed by atoms with E-state index in [-0.39, 0.29) is 23.3 Å². The lowest BCUT2D eigenvalue weighted by molar-refractivity contribution is -0.136. The van der Waals surface area contributed by atoms with E-state index in [1.54, 1.807) is 6.92 Å². The number of hydrogen-bond donors (Lipinski definition) is 1. The number of hydrogen-bond acceptors (Lipinski definition) is 5. The Labute approximate surface area is 188 Å². The number of rotatable bonds is 5. The van der Waals surface area contributed by atoms with Crippen LogP contribution in [0.25, 0.3) is 0 Å². The zero-order chi connectivity index (χ0) is 22.3. The van der Waals surface area contributed by atoms with E-state index in [0.29, 0.717) is 50.9 Å². The zero-order valence-corrected chi connectivity index (χ0v) is 18.8. The lowest BCUT2D eigenvalue weighted by Crippen LogP contribution is -2.53. The summed E-state index contributed by atoms with van der Waals surface area (Å²) in [5.41, 5.74) is 0.339. The largest absolute Gasteiger partial charge is 0.425 e. The van der Waals surface area contributed by atoms with E-state index in [2.05, 4.69) is 27.6 Å². The van der Waals surface area contributed by atoms with Gasteiger partial charge >= 0.3 is 6.03 Å². The molecule has 8 heteroatoms. The molecule has 1 aromatic carbocycles. The molecule has 3 aliphatic rings. The van der Waals surface area contributed by atoms with E-state index in [1.165, 1.54) is 0 Å². The Kier molecular flexibility index (Phi) is 5.18. The van der Waals surface area contributed by atoms with Crippen molar-refractivity contribution in [3.63, 3.8) is 0 Å². The Balaban J connectivity index is 1.39. The molecular formula is C24H31N5O3. The minimum atomic E-state index is -0.398. The third-order valence-corrected chi connectivity index (χ3v) is 7.50. The van der Waals surface area contributed by atoms with Crippen LogP contribution in [0.5, 0.6) is 0 Å². The van der Waals surface area contributed by atoms with Gasteiger partial charge in [-0.1, -0.05) is 37.3 Å². The number of likely N-dealkylation sites (tertiary alicyclic amines) is 2. The number of urea groups is 1. The second-order valence-corrected chi connectivity index (χ2v) is 9.54. The number of benzene rings is 1. The fourth-order valence-corrected chi connectivity index (χ4v) is 5.52. The van der Waals surface area contributed by atoms with Gasteiger partial charge in [-0.05, 0) is 31.2 Å². The predicted octanol–water partition coefficient (Wildman–Crippen LogP) is 2.63. The summed E-state index contributed by atoms with van der Waals surface area (Å²) >= 11 is 0. The van der Waals surface area contributed by atoms with Crippen molar-refractivity contribution in [1.29, 1.82) is 0 Å². The number of aryl methyl sites for hydroxylation is 1. The molecular weight excluding hydrogens is 406 g/mol. The fraction of sp³-hybridized carbons (Fsp3) is 0.583. The van der Waals surface area contributed by atoms with Gasteiger partial charge < -0.3 is 19.5 Å². The molecule has 3 fully saturated rings. The SMILES string of the molecule is CCCNC(=O)N1C[C@@H]2CN(C(=O)C3(c4ccccc4)CC3)CC[C@]2(c2nnc(C)o2)C1. The van der Waals surface area contributed by atoms with E-state index in [0.717, 1.165) is 24.8 Å². The first-order valence-electron chi connectivity index (χ1n) is 11.7. The maximum Gasteiger partial charge on any atom is 0.317 e. The van der Waals surface area contributed by atoms with Crippen molar-refractivity contribution in [2.45, 2.75) is 50.4 Å². The third kappa shape index (κ3) is 3.36. The van der Waals surface area contributed by atoms with Crippen LogP contribution in [0.3, 0.4) is 0 Å². The number of nitrogens with one attached hydrogen (secondary N) is 1. The van der Waals surface area contributed by atoms with Gasteiger partial charge in [0.2, 0.25) is 17.7 Å². The average Bonchev–Trinajstić information content (AvgIpc) is 3.36. The van der Waals surface area contributed by atoms with Crippen LogP contribution in [0.1, 0.15) is 50.0 Å². The lowest BCUT2D eigenvalue weighted by atomic mass is 9.72. The molecule has 32 heavy (non-hydrogen) atoms. The number of nitrogens with zero attached hydrogens (tertiary/aromatic N) is 4. The summed E-state index contributed by atoms with van der Waals surface area (Å²) < 4.78 is 5.90. The number of fused-ring (bicyclic) bond motifs is 1. The molecule has 2 saturated heterocycles. The van der Waals surface area contributed by atoms with Gasteiger partial charge in [-0.3, -0.25) is 4.79 Å². The summed E-state index contributed by atoms with van der Waals surface area (Å²) in [7, 11) is 0. The third-order valence-electron chi connectivity index (χ3n) is 7.50. The number of piperidine rings is 1. The molecule has 2 aromatic rings. The second kappa shape index (κ2) is 7.90. The maximum atomic E-state index is 13.7. The Morgan fingerprint density at radius 2 is 1.88 bits per heavy atom. The van der Waals surface area contributed by atoms with Crippen molar-refractivity contribution in [3.8, 4) is 0 Å². The van der Waals surface area contributed by atoms with Crippen molar-refractivity contribution in [3.05, 3.63) is 47.7 Å². The smallest absolute Gasteiger partial charge is 0.317 e. The molecule has 3 heterocycles. The van der Waals surface area contributed by atoms with Crippen LogP contribution >= 0.6 is 0 Å². The Bertz CT molecular complexity index is 1000. The quantitative estimate of drug-likeness (QED) is 0.776. The van der Waals surface area contributed by atoms with E-state index >= 15 is 0 Å². The van der Waals surface area contributed by atoms with Crippen molar-refractivity contribution >= 4 is 11.9 Å². The van der Waals surface area contributed by atoms with Gasteiger partial charge in [-0.2, -0.15) is 0 Å². The molecule has 3 amide bonds. The standard InChI is InChI=1S/C24H31N5O3/c1-3-12-25-22(31)29-15-19-14-28(13-11-24(19,16-29)20-27-26-17(2)32-20)21(30)23(9-10-23)18-7-5-4-6-8-18/h4-8,19H,3,9-16H2,1-2H3,(H,25,31)/t19-,24-/m0/s1. The van der Waals surface area contributed by atoms with Gasteiger partial charge in [0.15, 0.2) is 0 Å². The Hall–Kier alpha value is -2.90. The summed E-state index contributed by atoms with van der Waals surface area (Å²) in [4.78, 5) is 30.3. The monoisotopic (exact) mass is 437 g/mol. The van der Waals surface area contributed by atoms with Gasteiger partial charge in [0.05, 0.1) is 10.8 Å².